The Morgan fingerprint density at radius 1 is 1.75 bits per heavy atom. The molecule has 2 atom stereocenters. The van der Waals surface area contributed by atoms with Crippen molar-refractivity contribution in [1.29, 1.82) is 0 Å². The van der Waals surface area contributed by atoms with E-state index in [1.807, 2.05) is 6.92 Å². The Labute approximate surface area is 72.9 Å². The van der Waals surface area contributed by atoms with E-state index < -0.39 is 0 Å². The molecule has 0 bridgehead atoms. The molecule has 0 spiro atoms. The summed E-state index contributed by atoms with van der Waals surface area (Å²) in [5.41, 5.74) is 5.69. The minimum absolute atomic E-state index is 0.109. The van der Waals surface area contributed by atoms with Gasteiger partial charge in [0, 0.05) is 31.6 Å². The minimum Gasteiger partial charge on any atom is -0.355 e. The predicted octanol–water partition coefficient (Wildman–Crippen LogP) is -0.798. The molecule has 0 aromatic heterocycles. The molecule has 1 rings (SSSR count). The fourth-order valence-electron chi connectivity index (χ4n) is 1.37. The summed E-state index contributed by atoms with van der Waals surface area (Å²) >= 11 is 0. The zero-order chi connectivity index (χ0) is 8.97. The Balaban J connectivity index is 2.11. The van der Waals surface area contributed by atoms with E-state index in [-0.39, 0.29) is 11.9 Å². The van der Waals surface area contributed by atoms with Crippen molar-refractivity contribution >= 4 is 5.91 Å². The van der Waals surface area contributed by atoms with Crippen molar-refractivity contribution in [1.82, 2.24) is 10.6 Å². The molecule has 0 aromatic rings. The number of nitrogens with one attached hydrogen (secondary N) is 2. The molecule has 0 aromatic carbocycles. The Hall–Kier alpha value is -0.610. The average molecular weight is 171 g/mol. The number of amides is 1. The first kappa shape index (κ1) is 9.48. The number of carbonyl (C=O) groups is 1. The highest BCUT2D eigenvalue weighted by molar-refractivity contribution is 5.75. The molecule has 0 radical (unpaired) electrons. The van der Waals surface area contributed by atoms with Crippen molar-refractivity contribution in [3.05, 3.63) is 0 Å². The van der Waals surface area contributed by atoms with Crippen LogP contribution in [0.1, 0.15) is 19.8 Å². The van der Waals surface area contributed by atoms with E-state index in [4.69, 9.17) is 5.73 Å². The minimum atomic E-state index is 0.109. The van der Waals surface area contributed by atoms with Gasteiger partial charge in [0.15, 0.2) is 0 Å². The lowest BCUT2D eigenvalue weighted by Crippen LogP contribution is -2.36. The van der Waals surface area contributed by atoms with Crippen LogP contribution in [0.4, 0.5) is 0 Å². The van der Waals surface area contributed by atoms with Crippen molar-refractivity contribution in [2.24, 2.45) is 5.73 Å². The summed E-state index contributed by atoms with van der Waals surface area (Å²) in [5.74, 6) is 0.109. The van der Waals surface area contributed by atoms with E-state index in [2.05, 4.69) is 10.6 Å². The van der Waals surface area contributed by atoms with E-state index in [0.29, 0.717) is 19.0 Å². The molecule has 12 heavy (non-hydrogen) atoms. The van der Waals surface area contributed by atoms with Gasteiger partial charge in [-0.1, -0.05) is 6.92 Å². The van der Waals surface area contributed by atoms with Crippen molar-refractivity contribution < 1.29 is 4.79 Å². The van der Waals surface area contributed by atoms with Crippen LogP contribution >= 0.6 is 0 Å². The van der Waals surface area contributed by atoms with Crippen LogP contribution in [-0.4, -0.2) is 31.1 Å². The molecule has 1 aliphatic heterocycles. The zero-order valence-electron chi connectivity index (χ0n) is 7.47. The number of rotatable bonds is 3. The third kappa shape index (κ3) is 2.79. The van der Waals surface area contributed by atoms with Gasteiger partial charge < -0.3 is 16.4 Å². The third-order valence-corrected chi connectivity index (χ3v) is 2.12. The van der Waals surface area contributed by atoms with Gasteiger partial charge in [0.1, 0.15) is 0 Å². The molecule has 1 amide bonds. The van der Waals surface area contributed by atoms with Crippen LogP contribution in [0.5, 0.6) is 0 Å². The standard InChI is InChI=1S/C8H17N3O/c1-2-8(12)11-5-7-3-6(9)4-10-7/h6-7,10H,2-5,9H2,1H3,(H,11,12)/t6-,7-/m0/s1. The first-order valence-electron chi connectivity index (χ1n) is 4.48. The molecule has 0 unspecified atom stereocenters. The second kappa shape index (κ2) is 4.42. The van der Waals surface area contributed by atoms with Crippen LogP contribution in [0.25, 0.3) is 0 Å². The molecular weight excluding hydrogens is 154 g/mol. The van der Waals surface area contributed by atoms with Crippen molar-refractivity contribution in [3.63, 3.8) is 0 Å². The monoisotopic (exact) mass is 171 g/mol. The zero-order valence-corrected chi connectivity index (χ0v) is 7.47. The SMILES string of the molecule is CCC(=O)NC[C@@H]1C[C@H](N)CN1. The third-order valence-electron chi connectivity index (χ3n) is 2.12. The van der Waals surface area contributed by atoms with Gasteiger partial charge >= 0.3 is 0 Å². The van der Waals surface area contributed by atoms with Crippen LogP contribution in [0.15, 0.2) is 0 Å². The Morgan fingerprint density at radius 3 is 3.00 bits per heavy atom. The summed E-state index contributed by atoms with van der Waals surface area (Å²) in [4.78, 5) is 10.9. The largest absolute Gasteiger partial charge is 0.355 e. The Bertz CT molecular complexity index is 160. The van der Waals surface area contributed by atoms with Crippen LogP contribution < -0.4 is 16.4 Å². The normalized spacial score (nSPS) is 28.8. The highest BCUT2D eigenvalue weighted by Gasteiger charge is 2.20. The number of carbonyl (C=O) groups excluding carboxylic acids is 1. The van der Waals surface area contributed by atoms with E-state index in [1.54, 1.807) is 0 Å². The first-order chi connectivity index (χ1) is 5.72. The number of hydrogen-bond donors (Lipinski definition) is 3. The second-order valence-corrected chi connectivity index (χ2v) is 3.26. The smallest absolute Gasteiger partial charge is 0.219 e. The van der Waals surface area contributed by atoms with E-state index in [1.165, 1.54) is 0 Å². The lowest BCUT2D eigenvalue weighted by molar-refractivity contribution is -0.120. The predicted molar refractivity (Wildman–Crippen MR) is 47.7 cm³/mol. The highest BCUT2D eigenvalue weighted by atomic mass is 16.1. The van der Waals surface area contributed by atoms with Gasteiger partial charge in [0.25, 0.3) is 0 Å². The van der Waals surface area contributed by atoms with E-state index >= 15 is 0 Å². The fraction of sp³-hybridized carbons (Fsp3) is 0.875. The maximum absolute atomic E-state index is 10.9. The summed E-state index contributed by atoms with van der Waals surface area (Å²) in [6.45, 7) is 3.43. The molecular formula is C8H17N3O. The van der Waals surface area contributed by atoms with Crippen LogP contribution in [0.2, 0.25) is 0 Å². The van der Waals surface area contributed by atoms with Crippen LogP contribution in [0.3, 0.4) is 0 Å². The van der Waals surface area contributed by atoms with Crippen molar-refractivity contribution in [2.75, 3.05) is 13.1 Å². The fourth-order valence-corrected chi connectivity index (χ4v) is 1.37. The van der Waals surface area contributed by atoms with E-state index in [9.17, 15) is 4.79 Å². The number of hydrogen-bond acceptors (Lipinski definition) is 3. The summed E-state index contributed by atoms with van der Waals surface area (Å²) in [7, 11) is 0. The summed E-state index contributed by atoms with van der Waals surface area (Å²) in [6.07, 6.45) is 1.52. The summed E-state index contributed by atoms with van der Waals surface area (Å²) < 4.78 is 0. The topological polar surface area (TPSA) is 67.2 Å². The molecule has 0 saturated carbocycles. The van der Waals surface area contributed by atoms with Gasteiger partial charge in [-0.05, 0) is 6.42 Å². The molecule has 4 N–H and O–H groups in total. The molecule has 4 nitrogen and oxygen atoms in total. The highest BCUT2D eigenvalue weighted by Crippen LogP contribution is 2.02. The average Bonchev–Trinajstić information content (AvgIpc) is 2.47. The van der Waals surface area contributed by atoms with Gasteiger partial charge in [-0.2, -0.15) is 0 Å². The van der Waals surface area contributed by atoms with Gasteiger partial charge in [-0.3, -0.25) is 4.79 Å². The van der Waals surface area contributed by atoms with Gasteiger partial charge in [0.05, 0.1) is 0 Å². The quantitative estimate of drug-likeness (QED) is 0.521. The van der Waals surface area contributed by atoms with Crippen LogP contribution in [-0.2, 0) is 4.79 Å². The Morgan fingerprint density at radius 2 is 2.50 bits per heavy atom. The molecule has 1 heterocycles. The molecule has 1 aliphatic rings. The Kier molecular flexibility index (Phi) is 3.49. The van der Waals surface area contributed by atoms with Crippen molar-refractivity contribution in [3.8, 4) is 0 Å². The summed E-state index contributed by atoms with van der Waals surface area (Å²) in [5, 5.41) is 6.08. The molecule has 0 aliphatic carbocycles. The lowest BCUT2D eigenvalue weighted by atomic mass is 10.2. The molecule has 1 saturated heterocycles. The van der Waals surface area contributed by atoms with Gasteiger partial charge in [0.2, 0.25) is 5.91 Å². The van der Waals surface area contributed by atoms with Crippen molar-refractivity contribution in [2.45, 2.75) is 31.8 Å². The van der Waals surface area contributed by atoms with Crippen LogP contribution in [0, 0.1) is 0 Å². The molecule has 4 heteroatoms. The maximum atomic E-state index is 10.9. The second-order valence-electron chi connectivity index (χ2n) is 3.26. The number of nitrogens with two attached hydrogens (primary N) is 1. The van der Waals surface area contributed by atoms with Gasteiger partial charge in [-0.25, -0.2) is 0 Å². The molecule has 1 fully saturated rings. The van der Waals surface area contributed by atoms with E-state index in [0.717, 1.165) is 13.0 Å². The maximum Gasteiger partial charge on any atom is 0.219 e. The lowest BCUT2D eigenvalue weighted by Gasteiger charge is -2.10. The first-order valence-corrected chi connectivity index (χ1v) is 4.48. The van der Waals surface area contributed by atoms with Gasteiger partial charge in [-0.15, -0.1) is 0 Å². The summed E-state index contributed by atoms with van der Waals surface area (Å²) in [6, 6.07) is 0.629. The molecule has 70 valence electrons.